The summed E-state index contributed by atoms with van der Waals surface area (Å²) in [6, 6.07) is 7.39. The molecule has 0 spiro atoms. The fraction of sp³-hybridized carbons (Fsp3) is 0. The van der Waals surface area contributed by atoms with Crippen LogP contribution in [0.3, 0.4) is 0 Å². The Morgan fingerprint density at radius 1 is 1.10 bits per heavy atom. The topological polar surface area (TPSA) is 55.1 Å². The monoisotopic (exact) mass is 326 g/mol. The van der Waals surface area contributed by atoms with Gasteiger partial charge < -0.3 is 11.1 Å². The number of benzene rings is 2. The SMILES string of the molecule is NC(=S)c1cc(NC(=O)c2ccc(Cl)cc2F)ccc1F. The molecular formula is C14H9ClF2N2OS. The molecule has 0 radical (unpaired) electrons. The van der Waals surface area contributed by atoms with Crippen LogP contribution in [-0.2, 0) is 0 Å². The number of carbonyl (C=O) groups excluding carboxylic acids is 1. The van der Waals surface area contributed by atoms with Crippen LogP contribution in [0.2, 0.25) is 5.02 Å². The number of carbonyl (C=O) groups is 1. The van der Waals surface area contributed by atoms with Crippen molar-refractivity contribution in [3.05, 3.63) is 64.2 Å². The molecule has 1 amide bonds. The van der Waals surface area contributed by atoms with E-state index in [-0.39, 0.29) is 26.8 Å². The maximum absolute atomic E-state index is 13.6. The average molecular weight is 327 g/mol. The summed E-state index contributed by atoms with van der Waals surface area (Å²) in [4.78, 5) is 11.8. The first-order valence-electron chi connectivity index (χ1n) is 5.74. The standard InChI is InChI=1S/C14H9ClF2N2OS/c15-7-1-3-9(12(17)5-7)14(20)19-8-2-4-11(16)10(6-8)13(18)21/h1-6H,(H2,18,21)(H,19,20). The highest BCUT2D eigenvalue weighted by molar-refractivity contribution is 7.80. The highest BCUT2D eigenvalue weighted by atomic mass is 35.5. The normalized spacial score (nSPS) is 10.2. The summed E-state index contributed by atoms with van der Waals surface area (Å²) in [5, 5.41) is 2.62. The number of anilines is 1. The largest absolute Gasteiger partial charge is 0.389 e. The van der Waals surface area contributed by atoms with Crippen LogP contribution >= 0.6 is 23.8 Å². The first kappa shape index (κ1) is 15.3. The Labute approximate surface area is 129 Å². The van der Waals surface area contributed by atoms with E-state index >= 15 is 0 Å². The molecule has 0 saturated carbocycles. The number of thiocarbonyl (C=S) groups is 1. The Balaban J connectivity index is 2.27. The fourth-order valence-corrected chi connectivity index (χ4v) is 1.98. The Morgan fingerprint density at radius 2 is 1.81 bits per heavy atom. The zero-order valence-corrected chi connectivity index (χ0v) is 12.1. The van der Waals surface area contributed by atoms with Gasteiger partial charge in [-0.05, 0) is 36.4 Å². The Morgan fingerprint density at radius 3 is 2.43 bits per heavy atom. The van der Waals surface area contributed by atoms with Crippen LogP contribution in [0.15, 0.2) is 36.4 Å². The third-order valence-corrected chi connectivity index (χ3v) is 3.12. The summed E-state index contributed by atoms with van der Waals surface area (Å²) in [7, 11) is 0. The summed E-state index contributed by atoms with van der Waals surface area (Å²) in [6.45, 7) is 0. The molecule has 2 rings (SSSR count). The van der Waals surface area contributed by atoms with Crippen LogP contribution in [0, 0.1) is 11.6 Å². The molecule has 108 valence electrons. The van der Waals surface area contributed by atoms with E-state index in [0.717, 1.165) is 12.1 Å². The van der Waals surface area contributed by atoms with Gasteiger partial charge in [-0.2, -0.15) is 0 Å². The molecule has 0 aromatic heterocycles. The van der Waals surface area contributed by atoms with Gasteiger partial charge in [0.05, 0.1) is 5.56 Å². The molecule has 0 saturated heterocycles. The number of nitrogens with two attached hydrogens (primary N) is 1. The smallest absolute Gasteiger partial charge is 0.258 e. The van der Waals surface area contributed by atoms with Crippen molar-refractivity contribution in [3.8, 4) is 0 Å². The quantitative estimate of drug-likeness (QED) is 0.849. The third-order valence-electron chi connectivity index (χ3n) is 2.67. The van der Waals surface area contributed by atoms with Crippen molar-refractivity contribution in [2.45, 2.75) is 0 Å². The number of nitrogens with one attached hydrogen (secondary N) is 1. The minimum atomic E-state index is -0.753. The number of hydrogen-bond donors (Lipinski definition) is 2. The molecule has 0 atom stereocenters. The van der Waals surface area contributed by atoms with Crippen molar-refractivity contribution in [2.24, 2.45) is 5.73 Å². The molecule has 0 aliphatic rings. The molecule has 0 fully saturated rings. The average Bonchev–Trinajstić information content (AvgIpc) is 2.40. The second-order valence-corrected chi connectivity index (χ2v) is 5.01. The van der Waals surface area contributed by atoms with E-state index in [0.29, 0.717) is 0 Å². The molecule has 3 N–H and O–H groups in total. The van der Waals surface area contributed by atoms with Gasteiger partial charge in [-0.15, -0.1) is 0 Å². The van der Waals surface area contributed by atoms with Gasteiger partial charge in [0.15, 0.2) is 0 Å². The molecule has 0 aliphatic heterocycles. The van der Waals surface area contributed by atoms with Crippen LogP contribution in [0.25, 0.3) is 0 Å². The predicted molar refractivity (Wildman–Crippen MR) is 81.7 cm³/mol. The molecule has 21 heavy (non-hydrogen) atoms. The van der Waals surface area contributed by atoms with Crippen molar-refractivity contribution < 1.29 is 13.6 Å². The lowest BCUT2D eigenvalue weighted by molar-refractivity contribution is 0.102. The summed E-state index contributed by atoms with van der Waals surface area (Å²) in [5.41, 5.74) is 5.44. The molecule has 0 heterocycles. The van der Waals surface area contributed by atoms with Gasteiger partial charge in [0.25, 0.3) is 5.91 Å². The van der Waals surface area contributed by atoms with E-state index in [1.807, 2.05) is 0 Å². The van der Waals surface area contributed by atoms with Crippen LogP contribution in [0.5, 0.6) is 0 Å². The molecule has 2 aromatic rings. The van der Waals surface area contributed by atoms with Gasteiger partial charge in [-0.3, -0.25) is 4.79 Å². The second-order valence-electron chi connectivity index (χ2n) is 4.14. The van der Waals surface area contributed by atoms with Gasteiger partial charge >= 0.3 is 0 Å². The summed E-state index contributed by atoms with van der Waals surface area (Å²) in [6.07, 6.45) is 0. The lowest BCUT2D eigenvalue weighted by atomic mass is 10.1. The minimum Gasteiger partial charge on any atom is -0.389 e. The zero-order valence-electron chi connectivity index (χ0n) is 10.5. The van der Waals surface area contributed by atoms with E-state index in [4.69, 9.17) is 29.6 Å². The Kier molecular flexibility index (Phi) is 4.50. The van der Waals surface area contributed by atoms with Crippen LogP contribution in [0.4, 0.5) is 14.5 Å². The third kappa shape index (κ3) is 3.53. The maximum Gasteiger partial charge on any atom is 0.258 e. The van der Waals surface area contributed by atoms with E-state index in [1.54, 1.807) is 0 Å². The highest BCUT2D eigenvalue weighted by Crippen LogP contribution is 2.18. The van der Waals surface area contributed by atoms with Crippen LogP contribution < -0.4 is 11.1 Å². The highest BCUT2D eigenvalue weighted by Gasteiger charge is 2.13. The van der Waals surface area contributed by atoms with Crippen molar-refractivity contribution >= 4 is 40.4 Å². The van der Waals surface area contributed by atoms with Crippen molar-refractivity contribution in [1.29, 1.82) is 0 Å². The molecule has 0 unspecified atom stereocenters. The lowest BCUT2D eigenvalue weighted by Gasteiger charge is -2.08. The number of rotatable bonds is 3. The van der Waals surface area contributed by atoms with E-state index in [1.165, 1.54) is 24.3 Å². The Bertz CT molecular complexity index is 737. The second kappa shape index (κ2) is 6.15. The maximum atomic E-state index is 13.6. The van der Waals surface area contributed by atoms with Gasteiger partial charge in [-0.1, -0.05) is 23.8 Å². The van der Waals surface area contributed by atoms with Crippen molar-refractivity contribution in [1.82, 2.24) is 0 Å². The molecule has 2 aromatic carbocycles. The first-order chi connectivity index (χ1) is 9.88. The van der Waals surface area contributed by atoms with Gasteiger partial charge in [0, 0.05) is 16.3 Å². The van der Waals surface area contributed by atoms with Crippen LogP contribution in [0.1, 0.15) is 15.9 Å². The van der Waals surface area contributed by atoms with Gasteiger partial charge in [0.1, 0.15) is 16.6 Å². The van der Waals surface area contributed by atoms with Crippen LogP contribution in [-0.4, -0.2) is 10.9 Å². The van der Waals surface area contributed by atoms with Crippen molar-refractivity contribution in [3.63, 3.8) is 0 Å². The summed E-state index contributed by atoms with van der Waals surface area (Å²) >= 11 is 10.3. The fourth-order valence-electron chi connectivity index (χ4n) is 1.66. The van der Waals surface area contributed by atoms with Gasteiger partial charge in [-0.25, -0.2) is 8.78 Å². The molecule has 3 nitrogen and oxygen atoms in total. The summed E-state index contributed by atoms with van der Waals surface area (Å²) in [5.74, 6) is -2.04. The van der Waals surface area contributed by atoms with Gasteiger partial charge in [0.2, 0.25) is 0 Å². The lowest BCUT2D eigenvalue weighted by Crippen LogP contribution is -2.16. The molecule has 7 heteroatoms. The predicted octanol–water partition coefficient (Wildman–Crippen LogP) is 3.50. The van der Waals surface area contributed by atoms with E-state index in [9.17, 15) is 13.6 Å². The number of amides is 1. The number of hydrogen-bond acceptors (Lipinski definition) is 2. The Hall–Kier alpha value is -2.05. The summed E-state index contributed by atoms with van der Waals surface area (Å²) < 4.78 is 27.1. The van der Waals surface area contributed by atoms with E-state index < -0.39 is 17.5 Å². The molecule has 0 bridgehead atoms. The molecule has 0 aliphatic carbocycles. The number of halogens is 3. The van der Waals surface area contributed by atoms with Crippen molar-refractivity contribution in [2.75, 3.05) is 5.32 Å². The minimum absolute atomic E-state index is 0.000576. The zero-order chi connectivity index (χ0) is 15.6. The molecular weight excluding hydrogens is 318 g/mol. The van der Waals surface area contributed by atoms with E-state index in [2.05, 4.69) is 5.32 Å². The first-order valence-corrected chi connectivity index (χ1v) is 6.53.